The van der Waals surface area contributed by atoms with Crippen LogP contribution in [0.2, 0.25) is 0 Å². The summed E-state index contributed by atoms with van der Waals surface area (Å²) in [5.74, 6) is 3.67. The summed E-state index contributed by atoms with van der Waals surface area (Å²) in [4.78, 5) is 0. The fraction of sp³-hybridized carbons (Fsp3) is 0.867. The maximum absolute atomic E-state index is 2.51. The molecular formula is C15H28. The van der Waals surface area contributed by atoms with E-state index in [0.717, 1.165) is 23.7 Å². The van der Waals surface area contributed by atoms with E-state index in [1.807, 2.05) is 0 Å². The lowest BCUT2D eigenvalue weighted by Gasteiger charge is -2.33. The Morgan fingerprint density at radius 3 is 2.00 bits per heavy atom. The van der Waals surface area contributed by atoms with Gasteiger partial charge in [-0.15, -0.1) is 0 Å². The molecule has 1 rings (SSSR count). The fourth-order valence-electron chi connectivity index (χ4n) is 3.56. The second kappa shape index (κ2) is 6.35. The first-order chi connectivity index (χ1) is 7.28. The highest BCUT2D eigenvalue weighted by Gasteiger charge is 2.31. The minimum absolute atomic E-state index is 0.844. The lowest BCUT2D eigenvalue weighted by atomic mass is 9.72. The Morgan fingerprint density at radius 2 is 1.53 bits per heavy atom. The third kappa shape index (κ3) is 2.86. The smallest absolute Gasteiger partial charge is 0.0205 e. The zero-order valence-electron chi connectivity index (χ0n) is 11.0. The monoisotopic (exact) mass is 208 g/mol. The molecule has 15 heavy (non-hydrogen) atoms. The maximum atomic E-state index is 2.51. The maximum Gasteiger partial charge on any atom is -0.0205 e. The summed E-state index contributed by atoms with van der Waals surface area (Å²) in [6, 6.07) is 0. The van der Waals surface area contributed by atoms with Crippen LogP contribution >= 0.6 is 0 Å². The molecule has 4 atom stereocenters. The molecule has 0 aromatic heterocycles. The molecule has 0 spiro atoms. The van der Waals surface area contributed by atoms with Crippen LogP contribution in [0.15, 0.2) is 12.2 Å². The average Bonchev–Trinajstić information content (AvgIpc) is 2.45. The molecule has 0 bridgehead atoms. The number of rotatable bonds is 4. The lowest BCUT2D eigenvalue weighted by molar-refractivity contribution is 0.172. The summed E-state index contributed by atoms with van der Waals surface area (Å²) >= 11 is 0. The third-order valence-electron chi connectivity index (χ3n) is 4.47. The summed E-state index contributed by atoms with van der Waals surface area (Å²) in [6.45, 7) is 9.46. The van der Waals surface area contributed by atoms with Gasteiger partial charge in [-0.1, -0.05) is 59.1 Å². The van der Waals surface area contributed by atoms with Gasteiger partial charge in [0.15, 0.2) is 0 Å². The van der Waals surface area contributed by atoms with Crippen molar-refractivity contribution in [1.29, 1.82) is 0 Å². The van der Waals surface area contributed by atoms with E-state index in [2.05, 4.69) is 39.8 Å². The fourth-order valence-corrected chi connectivity index (χ4v) is 3.56. The highest BCUT2D eigenvalue weighted by Crippen LogP contribution is 2.40. The minimum Gasteiger partial charge on any atom is -0.0880 e. The Balaban J connectivity index is 2.83. The predicted octanol–water partition coefficient (Wildman–Crippen LogP) is 5.05. The molecule has 0 amide bonds. The van der Waals surface area contributed by atoms with Crippen molar-refractivity contribution in [3.05, 3.63) is 12.2 Å². The van der Waals surface area contributed by atoms with Crippen LogP contribution in [0.4, 0.5) is 0 Å². The summed E-state index contributed by atoms with van der Waals surface area (Å²) < 4.78 is 0. The van der Waals surface area contributed by atoms with Gasteiger partial charge in [-0.25, -0.2) is 0 Å². The van der Waals surface area contributed by atoms with Gasteiger partial charge >= 0.3 is 0 Å². The normalized spacial score (nSPS) is 36.5. The van der Waals surface area contributed by atoms with Crippen molar-refractivity contribution in [2.45, 2.75) is 59.8 Å². The quantitative estimate of drug-likeness (QED) is 0.567. The molecule has 0 fully saturated rings. The molecule has 0 aromatic carbocycles. The van der Waals surface area contributed by atoms with Gasteiger partial charge < -0.3 is 0 Å². The van der Waals surface area contributed by atoms with E-state index in [9.17, 15) is 0 Å². The molecule has 1 aliphatic carbocycles. The first-order valence-electron chi connectivity index (χ1n) is 6.94. The Labute approximate surface area is 96.2 Å². The van der Waals surface area contributed by atoms with E-state index < -0.39 is 0 Å². The summed E-state index contributed by atoms with van der Waals surface area (Å²) in [7, 11) is 0. The standard InChI is InChI=1S/C15H28/c1-5-12-10-9-11-13(6-2)15(8-4)14(12)7-3/h9-10,12-15H,5-8,11H2,1-4H3. The lowest BCUT2D eigenvalue weighted by Crippen LogP contribution is -2.25. The highest BCUT2D eigenvalue weighted by molar-refractivity contribution is 4.99. The van der Waals surface area contributed by atoms with Crippen LogP contribution in [0.5, 0.6) is 0 Å². The van der Waals surface area contributed by atoms with Crippen LogP contribution < -0.4 is 0 Å². The molecule has 4 unspecified atom stereocenters. The Hall–Kier alpha value is -0.260. The molecular weight excluding hydrogens is 180 g/mol. The zero-order chi connectivity index (χ0) is 11.3. The van der Waals surface area contributed by atoms with E-state index in [1.165, 1.54) is 32.1 Å². The van der Waals surface area contributed by atoms with E-state index in [0.29, 0.717) is 0 Å². The average molecular weight is 208 g/mol. The van der Waals surface area contributed by atoms with Crippen molar-refractivity contribution in [3.8, 4) is 0 Å². The van der Waals surface area contributed by atoms with E-state index >= 15 is 0 Å². The van der Waals surface area contributed by atoms with Gasteiger partial charge in [-0.2, -0.15) is 0 Å². The molecule has 0 saturated carbocycles. The van der Waals surface area contributed by atoms with Crippen molar-refractivity contribution in [2.24, 2.45) is 23.7 Å². The van der Waals surface area contributed by atoms with Gasteiger partial charge in [0, 0.05) is 0 Å². The molecule has 0 nitrogen and oxygen atoms in total. The van der Waals surface area contributed by atoms with Crippen molar-refractivity contribution in [3.63, 3.8) is 0 Å². The Kier molecular flexibility index (Phi) is 5.42. The first-order valence-corrected chi connectivity index (χ1v) is 6.94. The third-order valence-corrected chi connectivity index (χ3v) is 4.47. The largest absolute Gasteiger partial charge is 0.0880 e. The van der Waals surface area contributed by atoms with Crippen molar-refractivity contribution in [1.82, 2.24) is 0 Å². The molecule has 0 heterocycles. The van der Waals surface area contributed by atoms with Gasteiger partial charge in [-0.3, -0.25) is 0 Å². The topological polar surface area (TPSA) is 0 Å². The predicted molar refractivity (Wildman–Crippen MR) is 68.9 cm³/mol. The highest BCUT2D eigenvalue weighted by atomic mass is 14.4. The number of allylic oxidation sites excluding steroid dienone is 2. The van der Waals surface area contributed by atoms with Crippen molar-refractivity contribution < 1.29 is 0 Å². The van der Waals surface area contributed by atoms with Crippen LogP contribution in [0.1, 0.15) is 59.8 Å². The summed E-state index contributed by atoms with van der Waals surface area (Å²) in [5, 5.41) is 0. The van der Waals surface area contributed by atoms with Crippen LogP contribution in [-0.4, -0.2) is 0 Å². The van der Waals surface area contributed by atoms with Crippen LogP contribution in [0, 0.1) is 23.7 Å². The van der Waals surface area contributed by atoms with Gasteiger partial charge in [-0.05, 0) is 36.5 Å². The second-order valence-corrected chi connectivity index (χ2v) is 5.05. The number of hydrogen-bond acceptors (Lipinski definition) is 0. The van der Waals surface area contributed by atoms with Crippen molar-refractivity contribution >= 4 is 0 Å². The minimum atomic E-state index is 0.844. The van der Waals surface area contributed by atoms with Crippen LogP contribution in [-0.2, 0) is 0 Å². The van der Waals surface area contributed by atoms with Gasteiger partial charge in [0.1, 0.15) is 0 Å². The van der Waals surface area contributed by atoms with Crippen LogP contribution in [0.25, 0.3) is 0 Å². The van der Waals surface area contributed by atoms with Crippen LogP contribution in [0.3, 0.4) is 0 Å². The van der Waals surface area contributed by atoms with Gasteiger partial charge in [0.25, 0.3) is 0 Å². The van der Waals surface area contributed by atoms with Gasteiger partial charge in [0.05, 0.1) is 0 Å². The molecule has 1 aliphatic rings. The molecule has 0 aromatic rings. The second-order valence-electron chi connectivity index (χ2n) is 5.05. The molecule has 0 radical (unpaired) electrons. The Bertz CT molecular complexity index is 192. The molecule has 0 aliphatic heterocycles. The van der Waals surface area contributed by atoms with E-state index in [-0.39, 0.29) is 0 Å². The molecule has 0 heteroatoms. The van der Waals surface area contributed by atoms with Crippen molar-refractivity contribution in [2.75, 3.05) is 0 Å². The van der Waals surface area contributed by atoms with E-state index in [1.54, 1.807) is 0 Å². The SMILES string of the molecule is CCC1C=CCC(CC)C(CC)C1CC. The number of hydrogen-bond donors (Lipinski definition) is 0. The molecule has 0 N–H and O–H groups in total. The molecule has 0 saturated heterocycles. The summed E-state index contributed by atoms with van der Waals surface area (Å²) in [6.07, 6.45) is 11.7. The molecule has 88 valence electrons. The van der Waals surface area contributed by atoms with E-state index in [4.69, 9.17) is 0 Å². The first kappa shape index (κ1) is 12.8. The Morgan fingerprint density at radius 1 is 0.867 bits per heavy atom. The summed E-state index contributed by atoms with van der Waals surface area (Å²) in [5.41, 5.74) is 0. The van der Waals surface area contributed by atoms with Gasteiger partial charge in [0.2, 0.25) is 0 Å². The zero-order valence-corrected chi connectivity index (χ0v) is 11.0.